The molecule has 1 aliphatic heterocycles. The van der Waals surface area contributed by atoms with Gasteiger partial charge in [-0.2, -0.15) is 0 Å². The third kappa shape index (κ3) is 6.12. The summed E-state index contributed by atoms with van der Waals surface area (Å²) in [5.74, 6) is 0.880. The van der Waals surface area contributed by atoms with Crippen LogP contribution in [0.2, 0.25) is 0 Å². The van der Waals surface area contributed by atoms with E-state index in [4.69, 9.17) is 4.74 Å². The number of amides is 2. The third-order valence-electron chi connectivity index (χ3n) is 5.55. The fourth-order valence-electron chi connectivity index (χ4n) is 3.65. The lowest BCUT2D eigenvalue weighted by atomic mass is 10.1. The summed E-state index contributed by atoms with van der Waals surface area (Å²) in [6, 6.07) is 15.1. The van der Waals surface area contributed by atoms with Crippen LogP contribution < -0.4 is 10.1 Å². The van der Waals surface area contributed by atoms with Crippen LogP contribution in [0.5, 0.6) is 5.75 Å². The number of anilines is 1. The number of ether oxygens (including phenoxy) is 1. The summed E-state index contributed by atoms with van der Waals surface area (Å²) < 4.78 is 6.72. The second-order valence-corrected chi connectivity index (χ2v) is 8.86. The first-order valence-electron chi connectivity index (χ1n) is 10.9. The van der Waals surface area contributed by atoms with E-state index in [1.807, 2.05) is 17.0 Å². The average molecular weight is 482 g/mol. The van der Waals surface area contributed by atoms with E-state index < -0.39 is 0 Å². The number of piperazine rings is 1. The van der Waals surface area contributed by atoms with Crippen LogP contribution in [0.15, 0.2) is 53.7 Å². The topological polar surface area (TPSA) is 105 Å². The first kappa shape index (κ1) is 23.7. The number of nitrogens with one attached hydrogen (secondary N) is 1. The number of tetrazole rings is 1. The summed E-state index contributed by atoms with van der Waals surface area (Å²) in [7, 11) is 3.38. The zero-order chi connectivity index (χ0) is 23.9. The van der Waals surface area contributed by atoms with Crippen molar-refractivity contribution in [1.29, 1.82) is 0 Å². The van der Waals surface area contributed by atoms with Crippen molar-refractivity contribution in [3.63, 3.8) is 0 Å². The molecule has 0 aliphatic carbocycles. The van der Waals surface area contributed by atoms with E-state index in [9.17, 15) is 9.59 Å². The molecule has 10 nitrogen and oxygen atoms in total. The van der Waals surface area contributed by atoms with Gasteiger partial charge in [-0.3, -0.25) is 14.5 Å². The van der Waals surface area contributed by atoms with Crippen LogP contribution in [0.25, 0.3) is 0 Å². The first-order chi connectivity index (χ1) is 16.5. The minimum Gasteiger partial charge on any atom is -0.497 e. The SMILES string of the molecule is COc1ccc(CN2CCN(C(=O)c3ccc(NC(=O)CSc4nnnn4C)cc3)CC2)cc1. The van der Waals surface area contributed by atoms with Crippen LogP contribution >= 0.6 is 11.8 Å². The predicted octanol–water partition coefficient (Wildman–Crippen LogP) is 1.91. The summed E-state index contributed by atoms with van der Waals surface area (Å²) in [5, 5.41) is 14.5. The summed E-state index contributed by atoms with van der Waals surface area (Å²) in [4.78, 5) is 29.3. The Bertz CT molecular complexity index is 1110. The van der Waals surface area contributed by atoms with Crippen LogP contribution in [-0.4, -0.2) is 80.9 Å². The van der Waals surface area contributed by atoms with Crippen LogP contribution in [0.3, 0.4) is 0 Å². The maximum atomic E-state index is 12.9. The average Bonchev–Trinajstić information content (AvgIpc) is 3.28. The van der Waals surface area contributed by atoms with Crippen molar-refractivity contribution in [3.05, 3.63) is 59.7 Å². The van der Waals surface area contributed by atoms with E-state index in [-0.39, 0.29) is 17.6 Å². The van der Waals surface area contributed by atoms with Gasteiger partial charge in [-0.25, -0.2) is 4.68 Å². The summed E-state index contributed by atoms with van der Waals surface area (Å²) in [5.41, 5.74) is 2.48. The number of aromatic nitrogens is 4. The highest BCUT2D eigenvalue weighted by Crippen LogP contribution is 2.17. The highest BCUT2D eigenvalue weighted by molar-refractivity contribution is 7.99. The number of aryl methyl sites for hydroxylation is 1. The van der Waals surface area contributed by atoms with Gasteiger partial charge in [0.05, 0.1) is 12.9 Å². The summed E-state index contributed by atoms with van der Waals surface area (Å²) in [6.45, 7) is 3.87. The molecular weight excluding hydrogens is 454 g/mol. The van der Waals surface area contributed by atoms with Gasteiger partial charge < -0.3 is 15.0 Å². The van der Waals surface area contributed by atoms with Crippen molar-refractivity contribution in [2.45, 2.75) is 11.7 Å². The number of hydrogen-bond acceptors (Lipinski definition) is 8. The Hall–Kier alpha value is -3.44. The quantitative estimate of drug-likeness (QED) is 0.487. The minimum atomic E-state index is -0.167. The van der Waals surface area contributed by atoms with E-state index >= 15 is 0 Å². The van der Waals surface area contributed by atoms with Crippen LogP contribution in [0, 0.1) is 0 Å². The van der Waals surface area contributed by atoms with Gasteiger partial charge in [0.2, 0.25) is 11.1 Å². The molecule has 4 rings (SSSR count). The van der Waals surface area contributed by atoms with Crippen molar-refractivity contribution in [1.82, 2.24) is 30.0 Å². The fraction of sp³-hybridized carbons (Fsp3) is 0.348. The maximum absolute atomic E-state index is 12.9. The molecule has 1 N–H and O–H groups in total. The lowest BCUT2D eigenvalue weighted by molar-refractivity contribution is -0.113. The number of hydrogen-bond donors (Lipinski definition) is 1. The smallest absolute Gasteiger partial charge is 0.253 e. The van der Waals surface area contributed by atoms with Gasteiger partial charge in [0, 0.05) is 51.0 Å². The number of rotatable bonds is 8. The van der Waals surface area contributed by atoms with E-state index in [1.54, 1.807) is 38.4 Å². The van der Waals surface area contributed by atoms with Crippen molar-refractivity contribution >= 4 is 29.3 Å². The van der Waals surface area contributed by atoms with Gasteiger partial charge in [-0.05, 0) is 52.4 Å². The Kier molecular flexibility index (Phi) is 7.76. The number of thioether (sulfide) groups is 1. The molecule has 0 bridgehead atoms. The summed E-state index contributed by atoms with van der Waals surface area (Å²) in [6.07, 6.45) is 0. The molecular formula is C23H27N7O3S. The molecule has 1 saturated heterocycles. The zero-order valence-electron chi connectivity index (χ0n) is 19.2. The number of carbonyl (C=O) groups is 2. The fourth-order valence-corrected chi connectivity index (χ4v) is 4.30. The highest BCUT2D eigenvalue weighted by atomic mass is 32.2. The van der Waals surface area contributed by atoms with Crippen LogP contribution in [0.4, 0.5) is 5.69 Å². The molecule has 0 spiro atoms. The Labute approximate surface area is 202 Å². The molecule has 11 heteroatoms. The predicted molar refractivity (Wildman–Crippen MR) is 129 cm³/mol. The van der Waals surface area contributed by atoms with Gasteiger partial charge >= 0.3 is 0 Å². The first-order valence-corrected chi connectivity index (χ1v) is 11.9. The number of carbonyl (C=O) groups excluding carboxylic acids is 2. The van der Waals surface area contributed by atoms with Gasteiger partial charge in [0.25, 0.3) is 5.91 Å². The van der Waals surface area contributed by atoms with Crippen molar-refractivity contribution < 1.29 is 14.3 Å². The molecule has 1 aromatic heterocycles. The Morgan fingerprint density at radius 1 is 1.03 bits per heavy atom. The van der Waals surface area contributed by atoms with Gasteiger partial charge in [-0.1, -0.05) is 23.9 Å². The van der Waals surface area contributed by atoms with E-state index in [1.165, 1.54) is 22.0 Å². The molecule has 3 aromatic rings. The highest BCUT2D eigenvalue weighted by Gasteiger charge is 2.22. The standard InChI is InChI=1S/C23H27N7O3S/c1-28-23(25-26-27-28)34-16-21(31)24-19-7-5-18(6-8-19)22(32)30-13-11-29(12-14-30)15-17-3-9-20(33-2)10-4-17/h3-10H,11-16H2,1-2H3,(H,24,31). The molecule has 34 heavy (non-hydrogen) atoms. The minimum absolute atomic E-state index is 0.00677. The van der Waals surface area contributed by atoms with Gasteiger partial charge in [0.15, 0.2) is 0 Å². The van der Waals surface area contributed by atoms with Crippen molar-refractivity contribution in [3.8, 4) is 5.75 Å². The molecule has 2 amide bonds. The molecule has 2 aromatic carbocycles. The molecule has 0 radical (unpaired) electrons. The van der Waals surface area contributed by atoms with E-state index in [0.29, 0.717) is 29.5 Å². The molecule has 0 unspecified atom stereocenters. The van der Waals surface area contributed by atoms with E-state index in [2.05, 4.69) is 37.9 Å². The van der Waals surface area contributed by atoms with Crippen LogP contribution in [-0.2, 0) is 18.4 Å². The van der Waals surface area contributed by atoms with Gasteiger partial charge in [0.1, 0.15) is 5.75 Å². The Morgan fingerprint density at radius 3 is 2.35 bits per heavy atom. The molecule has 1 aliphatic rings. The second kappa shape index (κ2) is 11.1. The molecule has 0 atom stereocenters. The molecule has 1 fully saturated rings. The third-order valence-corrected chi connectivity index (χ3v) is 6.56. The van der Waals surface area contributed by atoms with Crippen molar-refractivity contribution in [2.24, 2.45) is 7.05 Å². The number of benzene rings is 2. The van der Waals surface area contributed by atoms with Crippen molar-refractivity contribution in [2.75, 3.05) is 44.4 Å². The lowest BCUT2D eigenvalue weighted by Crippen LogP contribution is -2.48. The summed E-state index contributed by atoms with van der Waals surface area (Å²) >= 11 is 1.25. The second-order valence-electron chi connectivity index (χ2n) is 7.92. The maximum Gasteiger partial charge on any atom is 0.253 e. The molecule has 0 saturated carbocycles. The normalized spacial score (nSPS) is 14.1. The Balaban J connectivity index is 1.23. The van der Waals surface area contributed by atoms with Gasteiger partial charge in [-0.15, -0.1) is 5.10 Å². The molecule has 2 heterocycles. The monoisotopic (exact) mass is 481 g/mol. The zero-order valence-corrected chi connectivity index (χ0v) is 20.0. The largest absolute Gasteiger partial charge is 0.497 e. The van der Waals surface area contributed by atoms with Crippen LogP contribution in [0.1, 0.15) is 15.9 Å². The number of methoxy groups -OCH3 is 1. The number of nitrogens with zero attached hydrogens (tertiary/aromatic N) is 6. The molecule has 178 valence electrons. The lowest BCUT2D eigenvalue weighted by Gasteiger charge is -2.34. The Morgan fingerprint density at radius 2 is 1.74 bits per heavy atom. The van der Waals surface area contributed by atoms with E-state index in [0.717, 1.165) is 25.4 Å².